The minimum absolute atomic E-state index is 0.165. The van der Waals surface area contributed by atoms with Gasteiger partial charge in [-0.15, -0.1) is 0 Å². The van der Waals surface area contributed by atoms with E-state index < -0.39 is 0 Å². The molecule has 5 heteroatoms. The normalized spacial score (nSPS) is 24.7. The van der Waals surface area contributed by atoms with Crippen LogP contribution in [0, 0.1) is 5.92 Å². The van der Waals surface area contributed by atoms with E-state index in [4.69, 9.17) is 0 Å². The summed E-state index contributed by atoms with van der Waals surface area (Å²) in [6.45, 7) is 7.95. The van der Waals surface area contributed by atoms with Gasteiger partial charge in [-0.1, -0.05) is 26.7 Å². The Balaban J connectivity index is 2.04. The van der Waals surface area contributed by atoms with Crippen LogP contribution >= 0.6 is 0 Å². The molecule has 1 atom stereocenters. The number of hydrogen-bond acceptors (Lipinski definition) is 3. The van der Waals surface area contributed by atoms with Gasteiger partial charge in [0.05, 0.1) is 6.04 Å². The van der Waals surface area contributed by atoms with Crippen LogP contribution in [0.5, 0.6) is 0 Å². The summed E-state index contributed by atoms with van der Waals surface area (Å²) in [6, 6.07) is 0.165. The molecule has 2 amide bonds. The smallest absolute Gasteiger partial charge is 0.312 e. The summed E-state index contributed by atoms with van der Waals surface area (Å²) >= 11 is 0. The van der Waals surface area contributed by atoms with Crippen molar-refractivity contribution in [2.24, 2.45) is 5.92 Å². The van der Waals surface area contributed by atoms with Crippen LogP contribution < -0.4 is 5.32 Å². The van der Waals surface area contributed by atoms with E-state index in [1.165, 1.54) is 0 Å². The third-order valence-corrected chi connectivity index (χ3v) is 4.15. The number of hydrogen-bond donors (Lipinski definition) is 1. The molecule has 2 aliphatic rings. The maximum absolute atomic E-state index is 12.1. The van der Waals surface area contributed by atoms with Crippen LogP contribution in [0.4, 0.5) is 0 Å². The minimum atomic E-state index is -0.307. The van der Waals surface area contributed by atoms with Crippen molar-refractivity contribution in [3.63, 3.8) is 0 Å². The fourth-order valence-corrected chi connectivity index (χ4v) is 2.80. The van der Waals surface area contributed by atoms with Gasteiger partial charge in [0.1, 0.15) is 0 Å². The zero-order valence-electron chi connectivity index (χ0n) is 11.3. The van der Waals surface area contributed by atoms with E-state index in [-0.39, 0.29) is 17.9 Å². The van der Waals surface area contributed by atoms with Crippen LogP contribution in [-0.2, 0) is 9.59 Å². The van der Waals surface area contributed by atoms with Gasteiger partial charge in [0.2, 0.25) is 0 Å². The fraction of sp³-hybridized carbons (Fsp3) is 0.846. The molecule has 2 saturated heterocycles. The lowest BCUT2D eigenvalue weighted by Gasteiger charge is -2.44. The lowest BCUT2D eigenvalue weighted by Crippen LogP contribution is -2.66. The zero-order valence-corrected chi connectivity index (χ0v) is 11.3. The summed E-state index contributed by atoms with van der Waals surface area (Å²) in [6.07, 6.45) is 2.11. The largest absolute Gasteiger partial charge is 0.332 e. The van der Waals surface area contributed by atoms with Crippen LogP contribution in [0.15, 0.2) is 0 Å². The lowest BCUT2D eigenvalue weighted by atomic mass is 10.0. The topological polar surface area (TPSA) is 52.6 Å². The second-order valence-corrected chi connectivity index (χ2v) is 5.25. The Kier molecular flexibility index (Phi) is 4.22. The third kappa shape index (κ3) is 2.51. The predicted molar refractivity (Wildman–Crippen MR) is 69.0 cm³/mol. The molecule has 0 aromatic rings. The van der Waals surface area contributed by atoms with Crippen LogP contribution in [0.25, 0.3) is 0 Å². The number of carbonyl (C=O) groups excluding carboxylic acids is 2. The van der Waals surface area contributed by atoms with Crippen molar-refractivity contribution in [1.82, 2.24) is 15.1 Å². The van der Waals surface area contributed by atoms with Crippen molar-refractivity contribution in [2.75, 3.05) is 32.7 Å². The molecule has 0 aromatic heterocycles. The Morgan fingerprint density at radius 1 is 1.28 bits per heavy atom. The number of amides is 2. The molecule has 1 unspecified atom stereocenters. The molecule has 0 radical (unpaired) electrons. The monoisotopic (exact) mass is 253 g/mol. The van der Waals surface area contributed by atoms with Gasteiger partial charge in [0.25, 0.3) is 0 Å². The predicted octanol–water partition coefficient (Wildman–Crippen LogP) is 0.0652. The molecular formula is C13H23N3O2. The Bertz CT molecular complexity index is 328. The van der Waals surface area contributed by atoms with Crippen molar-refractivity contribution < 1.29 is 9.59 Å². The summed E-state index contributed by atoms with van der Waals surface area (Å²) < 4.78 is 0. The molecular weight excluding hydrogens is 230 g/mol. The van der Waals surface area contributed by atoms with Crippen molar-refractivity contribution in [3.8, 4) is 0 Å². The van der Waals surface area contributed by atoms with Gasteiger partial charge in [-0.25, -0.2) is 0 Å². The molecule has 1 N–H and O–H groups in total. The van der Waals surface area contributed by atoms with Crippen LogP contribution in [0.2, 0.25) is 0 Å². The Hall–Kier alpha value is -1.10. The Labute approximate surface area is 108 Å². The number of nitrogens with one attached hydrogen (secondary N) is 1. The molecule has 2 fully saturated rings. The molecule has 0 aromatic carbocycles. The molecule has 102 valence electrons. The average molecular weight is 253 g/mol. The molecule has 2 aliphatic heterocycles. The SMILES string of the molecule is CCC(CC)CN1CC2CNCCN2C(=O)C1=O. The maximum Gasteiger partial charge on any atom is 0.312 e. The molecule has 0 bridgehead atoms. The van der Waals surface area contributed by atoms with E-state index in [1.54, 1.807) is 9.80 Å². The first-order valence-electron chi connectivity index (χ1n) is 6.97. The van der Waals surface area contributed by atoms with E-state index in [9.17, 15) is 9.59 Å². The van der Waals surface area contributed by atoms with E-state index in [2.05, 4.69) is 19.2 Å². The van der Waals surface area contributed by atoms with Gasteiger partial charge in [-0.3, -0.25) is 9.59 Å². The van der Waals surface area contributed by atoms with Gasteiger partial charge in [0.15, 0.2) is 0 Å². The quantitative estimate of drug-likeness (QED) is 0.721. The zero-order chi connectivity index (χ0) is 13.1. The Morgan fingerprint density at radius 2 is 2.00 bits per heavy atom. The second-order valence-electron chi connectivity index (χ2n) is 5.25. The summed E-state index contributed by atoms with van der Waals surface area (Å²) in [5.41, 5.74) is 0. The van der Waals surface area contributed by atoms with Crippen LogP contribution in [0.1, 0.15) is 26.7 Å². The molecule has 5 nitrogen and oxygen atoms in total. The summed E-state index contributed by atoms with van der Waals surface area (Å²) in [5.74, 6) is -0.108. The number of nitrogens with zero attached hydrogens (tertiary/aromatic N) is 2. The minimum Gasteiger partial charge on any atom is -0.332 e. The summed E-state index contributed by atoms with van der Waals surface area (Å²) in [5, 5.41) is 3.29. The lowest BCUT2D eigenvalue weighted by molar-refractivity contribution is -0.160. The molecule has 0 aliphatic carbocycles. The van der Waals surface area contributed by atoms with E-state index >= 15 is 0 Å². The molecule has 18 heavy (non-hydrogen) atoms. The fourth-order valence-electron chi connectivity index (χ4n) is 2.80. The van der Waals surface area contributed by atoms with Gasteiger partial charge >= 0.3 is 11.8 Å². The number of piperazine rings is 2. The standard InChI is InChI=1S/C13H23N3O2/c1-3-10(4-2)8-15-9-11-7-14-5-6-16(11)13(18)12(15)17/h10-11,14H,3-9H2,1-2H3. The summed E-state index contributed by atoms with van der Waals surface area (Å²) in [4.78, 5) is 27.6. The van der Waals surface area contributed by atoms with Crippen molar-refractivity contribution in [3.05, 3.63) is 0 Å². The molecule has 2 heterocycles. The van der Waals surface area contributed by atoms with E-state index in [0.717, 1.165) is 32.5 Å². The second kappa shape index (κ2) is 5.69. The maximum atomic E-state index is 12.1. The molecule has 0 saturated carbocycles. The van der Waals surface area contributed by atoms with E-state index in [0.29, 0.717) is 19.0 Å². The first-order valence-corrected chi connectivity index (χ1v) is 6.97. The van der Waals surface area contributed by atoms with Gasteiger partial charge in [-0.2, -0.15) is 0 Å². The van der Waals surface area contributed by atoms with Crippen molar-refractivity contribution >= 4 is 11.8 Å². The summed E-state index contributed by atoms with van der Waals surface area (Å²) in [7, 11) is 0. The van der Waals surface area contributed by atoms with Crippen LogP contribution in [0.3, 0.4) is 0 Å². The number of carbonyl (C=O) groups is 2. The average Bonchev–Trinajstić information content (AvgIpc) is 2.41. The molecule has 0 spiro atoms. The highest BCUT2D eigenvalue weighted by Gasteiger charge is 2.40. The highest BCUT2D eigenvalue weighted by molar-refractivity contribution is 6.35. The van der Waals surface area contributed by atoms with E-state index in [1.807, 2.05) is 0 Å². The highest BCUT2D eigenvalue weighted by atomic mass is 16.2. The van der Waals surface area contributed by atoms with Crippen molar-refractivity contribution in [2.45, 2.75) is 32.7 Å². The first-order chi connectivity index (χ1) is 8.67. The third-order valence-electron chi connectivity index (χ3n) is 4.15. The van der Waals surface area contributed by atoms with Crippen LogP contribution in [-0.4, -0.2) is 60.4 Å². The van der Waals surface area contributed by atoms with Gasteiger partial charge < -0.3 is 15.1 Å². The Morgan fingerprint density at radius 3 is 2.67 bits per heavy atom. The highest BCUT2D eigenvalue weighted by Crippen LogP contribution is 2.17. The van der Waals surface area contributed by atoms with Gasteiger partial charge in [0, 0.05) is 32.7 Å². The first kappa shape index (κ1) is 13.3. The molecule has 2 rings (SSSR count). The number of rotatable bonds is 4. The number of fused-ring (bicyclic) bond motifs is 1. The van der Waals surface area contributed by atoms with Crippen molar-refractivity contribution in [1.29, 1.82) is 0 Å². The van der Waals surface area contributed by atoms with Gasteiger partial charge in [-0.05, 0) is 5.92 Å².